The normalized spacial score (nSPS) is 12.3. The van der Waals surface area contributed by atoms with Gasteiger partial charge in [0.1, 0.15) is 24.2 Å². The van der Waals surface area contributed by atoms with Crippen LogP contribution in [0.4, 0.5) is 0 Å². The maximum absolute atomic E-state index is 11.5. The fourth-order valence-electron chi connectivity index (χ4n) is 2.71. The van der Waals surface area contributed by atoms with Crippen molar-refractivity contribution in [3.8, 4) is 5.75 Å². The minimum Gasteiger partial charge on any atom is -0.486 e. The highest BCUT2D eigenvalue weighted by Crippen LogP contribution is 2.25. The molecule has 0 saturated carbocycles. The first-order valence-corrected chi connectivity index (χ1v) is 7.86. The number of nitrogens with zero attached hydrogens (tertiary/aromatic N) is 2. The molecule has 0 saturated heterocycles. The number of benzene rings is 2. The molecule has 1 aromatic heterocycles. The molecule has 0 aliphatic heterocycles. The summed E-state index contributed by atoms with van der Waals surface area (Å²) >= 11 is 0. The molecule has 2 aromatic carbocycles. The summed E-state index contributed by atoms with van der Waals surface area (Å²) in [6, 6.07) is 12.7. The van der Waals surface area contributed by atoms with Crippen molar-refractivity contribution in [3.05, 3.63) is 59.4 Å². The number of fused-ring (bicyclic) bond motifs is 1. The molecule has 3 aromatic rings. The molecular formula is C19H20N2O3. The Labute approximate surface area is 140 Å². The average molecular weight is 324 g/mol. The predicted octanol–water partition coefficient (Wildman–Crippen LogP) is 3.88. The molecule has 0 aliphatic rings. The van der Waals surface area contributed by atoms with E-state index in [0.29, 0.717) is 5.82 Å². The van der Waals surface area contributed by atoms with E-state index in [1.54, 1.807) is 11.5 Å². The number of hydrogen-bond acceptors (Lipinski definition) is 3. The predicted molar refractivity (Wildman–Crippen MR) is 92.3 cm³/mol. The molecule has 1 N–H and O–H groups in total. The summed E-state index contributed by atoms with van der Waals surface area (Å²) in [7, 11) is 0. The van der Waals surface area contributed by atoms with E-state index in [4.69, 9.17) is 4.74 Å². The summed E-state index contributed by atoms with van der Waals surface area (Å²) in [4.78, 5) is 16.1. The number of carboxylic acids is 1. The van der Waals surface area contributed by atoms with Gasteiger partial charge in [-0.25, -0.2) is 9.78 Å². The van der Waals surface area contributed by atoms with Crippen molar-refractivity contribution >= 4 is 17.0 Å². The molecule has 1 unspecified atom stereocenters. The highest BCUT2D eigenvalue weighted by molar-refractivity contribution is 5.81. The van der Waals surface area contributed by atoms with E-state index in [9.17, 15) is 9.90 Å². The van der Waals surface area contributed by atoms with Gasteiger partial charge in [-0.3, -0.25) is 0 Å². The summed E-state index contributed by atoms with van der Waals surface area (Å²) in [5, 5.41) is 9.46. The number of aryl methyl sites for hydroxylation is 2. The number of rotatable bonds is 5. The summed E-state index contributed by atoms with van der Waals surface area (Å²) in [5.41, 5.74) is 3.85. The van der Waals surface area contributed by atoms with Gasteiger partial charge in [0.25, 0.3) is 0 Å². The first kappa shape index (κ1) is 16.1. The van der Waals surface area contributed by atoms with E-state index in [2.05, 4.69) is 4.98 Å². The summed E-state index contributed by atoms with van der Waals surface area (Å²) in [5.74, 6) is 0.439. The lowest BCUT2D eigenvalue weighted by Gasteiger charge is -2.14. The lowest BCUT2D eigenvalue weighted by Crippen LogP contribution is -2.19. The molecule has 5 heteroatoms. The lowest BCUT2D eigenvalue weighted by atomic mass is 10.1. The van der Waals surface area contributed by atoms with Crippen LogP contribution in [0, 0.1) is 13.8 Å². The standard InChI is InChI=1S/C19H20N2O3/c1-12-9-16-17(10-13(12)2)21(14(3)19(22)23)18(20-16)11-24-15-7-5-4-6-8-15/h4-10,14H,11H2,1-3H3,(H,22,23). The van der Waals surface area contributed by atoms with Crippen LogP contribution in [-0.4, -0.2) is 20.6 Å². The highest BCUT2D eigenvalue weighted by atomic mass is 16.5. The third kappa shape index (κ3) is 2.97. The molecule has 0 fully saturated rings. The number of carboxylic acid groups (broad SMARTS) is 1. The van der Waals surface area contributed by atoms with Crippen LogP contribution in [0.5, 0.6) is 5.75 Å². The molecule has 124 valence electrons. The van der Waals surface area contributed by atoms with Gasteiger partial charge in [0, 0.05) is 0 Å². The Morgan fingerprint density at radius 1 is 1.21 bits per heavy atom. The third-order valence-electron chi connectivity index (χ3n) is 4.23. The van der Waals surface area contributed by atoms with Gasteiger partial charge >= 0.3 is 5.97 Å². The second kappa shape index (κ2) is 6.35. The fraction of sp³-hybridized carbons (Fsp3) is 0.263. The molecule has 0 radical (unpaired) electrons. The second-order valence-corrected chi connectivity index (χ2v) is 5.94. The Morgan fingerprint density at radius 3 is 2.54 bits per heavy atom. The summed E-state index contributed by atoms with van der Waals surface area (Å²) < 4.78 is 7.52. The molecule has 1 atom stereocenters. The fourth-order valence-corrected chi connectivity index (χ4v) is 2.71. The van der Waals surface area contributed by atoms with E-state index in [1.165, 1.54) is 0 Å². The third-order valence-corrected chi connectivity index (χ3v) is 4.23. The van der Waals surface area contributed by atoms with Crippen molar-refractivity contribution in [1.29, 1.82) is 0 Å². The van der Waals surface area contributed by atoms with Gasteiger partial charge in [0.05, 0.1) is 11.0 Å². The Hall–Kier alpha value is -2.82. The van der Waals surface area contributed by atoms with E-state index >= 15 is 0 Å². The van der Waals surface area contributed by atoms with Crippen LogP contribution in [0.2, 0.25) is 0 Å². The van der Waals surface area contributed by atoms with Gasteiger partial charge in [-0.05, 0) is 56.2 Å². The molecule has 0 amide bonds. The van der Waals surface area contributed by atoms with Gasteiger partial charge in [0.15, 0.2) is 0 Å². The second-order valence-electron chi connectivity index (χ2n) is 5.94. The van der Waals surface area contributed by atoms with Crippen molar-refractivity contribution in [2.45, 2.75) is 33.4 Å². The number of imidazole rings is 1. The zero-order valence-corrected chi connectivity index (χ0v) is 14.0. The van der Waals surface area contributed by atoms with Crippen LogP contribution in [0.1, 0.15) is 29.9 Å². The Kier molecular flexibility index (Phi) is 4.25. The molecule has 0 spiro atoms. The molecule has 1 heterocycles. The van der Waals surface area contributed by atoms with Crippen molar-refractivity contribution in [3.63, 3.8) is 0 Å². The van der Waals surface area contributed by atoms with Gasteiger partial charge in [-0.15, -0.1) is 0 Å². The largest absolute Gasteiger partial charge is 0.486 e. The molecule has 0 aliphatic carbocycles. The SMILES string of the molecule is Cc1cc2nc(COc3ccccc3)n(C(C)C(=O)O)c2cc1C. The van der Waals surface area contributed by atoms with Crippen molar-refractivity contribution in [2.24, 2.45) is 0 Å². The van der Waals surface area contributed by atoms with Crippen LogP contribution in [0.15, 0.2) is 42.5 Å². The maximum atomic E-state index is 11.5. The Bertz CT molecular complexity index is 885. The Balaban J connectivity index is 2.05. The van der Waals surface area contributed by atoms with Crippen LogP contribution in [-0.2, 0) is 11.4 Å². The van der Waals surface area contributed by atoms with E-state index in [1.807, 2.05) is 56.3 Å². The topological polar surface area (TPSA) is 64.4 Å². The number of aromatic nitrogens is 2. The first-order chi connectivity index (χ1) is 11.5. The van der Waals surface area contributed by atoms with Crippen molar-refractivity contribution in [2.75, 3.05) is 0 Å². The monoisotopic (exact) mass is 324 g/mol. The van der Waals surface area contributed by atoms with Gasteiger partial charge < -0.3 is 14.4 Å². The van der Waals surface area contributed by atoms with Gasteiger partial charge in [0.2, 0.25) is 0 Å². The van der Waals surface area contributed by atoms with Crippen molar-refractivity contribution in [1.82, 2.24) is 9.55 Å². The smallest absolute Gasteiger partial charge is 0.326 e. The first-order valence-electron chi connectivity index (χ1n) is 7.86. The van der Waals surface area contributed by atoms with E-state index < -0.39 is 12.0 Å². The molecule has 5 nitrogen and oxygen atoms in total. The molecular weight excluding hydrogens is 304 g/mol. The van der Waals surface area contributed by atoms with Crippen LogP contribution < -0.4 is 4.74 Å². The van der Waals surface area contributed by atoms with Crippen molar-refractivity contribution < 1.29 is 14.6 Å². The summed E-state index contributed by atoms with van der Waals surface area (Å²) in [6.07, 6.45) is 0. The van der Waals surface area contributed by atoms with E-state index in [-0.39, 0.29) is 6.61 Å². The van der Waals surface area contributed by atoms with Crippen LogP contribution in [0.3, 0.4) is 0 Å². The minimum absolute atomic E-state index is 0.217. The molecule has 24 heavy (non-hydrogen) atoms. The Morgan fingerprint density at radius 2 is 1.88 bits per heavy atom. The van der Waals surface area contributed by atoms with Crippen LogP contribution >= 0.6 is 0 Å². The minimum atomic E-state index is -0.895. The number of carbonyl (C=O) groups is 1. The highest BCUT2D eigenvalue weighted by Gasteiger charge is 2.21. The molecule has 0 bridgehead atoms. The average Bonchev–Trinajstić information content (AvgIpc) is 2.90. The number of para-hydroxylation sites is 1. The summed E-state index contributed by atoms with van der Waals surface area (Å²) in [6.45, 7) is 5.91. The molecule has 3 rings (SSSR count). The quantitative estimate of drug-likeness (QED) is 0.773. The van der Waals surface area contributed by atoms with Gasteiger partial charge in [-0.2, -0.15) is 0 Å². The number of ether oxygens (including phenoxy) is 1. The number of aliphatic carboxylic acids is 1. The van der Waals surface area contributed by atoms with Gasteiger partial charge in [-0.1, -0.05) is 18.2 Å². The van der Waals surface area contributed by atoms with E-state index in [0.717, 1.165) is 27.9 Å². The maximum Gasteiger partial charge on any atom is 0.326 e. The zero-order valence-electron chi connectivity index (χ0n) is 14.0. The lowest BCUT2D eigenvalue weighted by molar-refractivity contribution is -0.140. The van der Waals surface area contributed by atoms with Crippen LogP contribution in [0.25, 0.3) is 11.0 Å². The zero-order chi connectivity index (χ0) is 17.3. The number of hydrogen-bond donors (Lipinski definition) is 1.